The van der Waals surface area contributed by atoms with Gasteiger partial charge in [-0.3, -0.25) is 0 Å². The highest BCUT2D eigenvalue weighted by molar-refractivity contribution is 6.22. The first-order valence-electron chi connectivity index (χ1n) is 22.0. The van der Waals surface area contributed by atoms with Crippen molar-refractivity contribution in [3.8, 4) is 55.6 Å². The lowest BCUT2D eigenvalue weighted by Gasteiger charge is -2.26. The van der Waals surface area contributed by atoms with Crippen LogP contribution in [0.25, 0.3) is 93.6 Å². The maximum atomic E-state index is 2.39. The monoisotopic (exact) mass is 814 g/mol. The van der Waals surface area contributed by atoms with E-state index in [0.717, 1.165) is 17.1 Å². The maximum absolute atomic E-state index is 2.39. The minimum Gasteiger partial charge on any atom is -0.316 e. The number of rotatable bonds is 8. The third kappa shape index (κ3) is 6.52. The van der Waals surface area contributed by atoms with Crippen LogP contribution in [0.2, 0.25) is 0 Å². The number of hydrogen-bond donors (Lipinski definition) is 0. The number of hydrogen-bond acceptors (Lipinski definition) is 1. The molecule has 0 amide bonds. The van der Waals surface area contributed by atoms with Gasteiger partial charge in [0.2, 0.25) is 0 Å². The summed E-state index contributed by atoms with van der Waals surface area (Å²) in [6.45, 7) is 0. The molecule has 0 radical (unpaired) electrons. The fourth-order valence-electron chi connectivity index (χ4n) is 9.73. The zero-order chi connectivity index (χ0) is 42.4. The van der Waals surface area contributed by atoms with E-state index in [1.807, 2.05) is 0 Å². The first-order chi connectivity index (χ1) is 31.7. The molecular formula is C62H42N2. The van der Waals surface area contributed by atoms with Crippen LogP contribution in [0.3, 0.4) is 0 Å². The predicted molar refractivity (Wildman–Crippen MR) is 272 cm³/mol. The lowest BCUT2D eigenvalue weighted by atomic mass is 9.92. The summed E-state index contributed by atoms with van der Waals surface area (Å²) in [4.78, 5) is 2.37. The second kappa shape index (κ2) is 15.8. The molecule has 0 bridgehead atoms. The van der Waals surface area contributed by atoms with Gasteiger partial charge in [0.1, 0.15) is 0 Å². The van der Waals surface area contributed by atoms with Gasteiger partial charge in [0.25, 0.3) is 0 Å². The average molecular weight is 815 g/mol. The van der Waals surface area contributed by atoms with Crippen LogP contribution in [0, 0.1) is 0 Å². The summed E-state index contributed by atoms with van der Waals surface area (Å²) >= 11 is 0. The highest BCUT2D eigenvalue weighted by Crippen LogP contribution is 2.44. The molecule has 0 saturated heterocycles. The molecule has 0 aliphatic heterocycles. The molecule has 0 N–H and O–H groups in total. The number of anilines is 3. The van der Waals surface area contributed by atoms with Gasteiger partial charge in [0.15, 0.2) is 0 Å². The van der Waals surface area contributed by atoms with E-state index in [2.05, 4.69) is 264 Å². The Morgan fingerprint density at radius 2 is 0.734 bits per heavy atom. The molecule has 0 atom stereocenters. The Morgan fingerprint density at radius 1 is 0.281 bits per heavy atom. The Bertz CT molecular complexity index is 3600. The Morgan fingerprint density at radius 3 is 1.36 bits per heavy atom. The Labute approximate surface area is 373 Å². The molecule has 0 unspecified atom stereocenters. The van der Waals surface area contributed by atoms with Crippen LogP contribution in [0.5, 0.6) is 0 Å². The molecule has 12 rings (SSSR count). The van der Waals surface area contributed by atoms with Crippen LogP contribution in [0.15, 0.2) is 255 Å². The van der Waals surface area contributed by atoms with Gasteiger partial charge in [-0.25, -0.2) is 0 Å². The molecule has 0 saturated carbocycles. The smallest absolute Gasteiger partial charge is 0.0547 e. The second-order valence-electron chi connectivity index (χ2n) is 16.5. The summed E-state index contributed by atoms with van der Waals surface area (Å²) in [5, 5.41) is 6.28. The van der Waals surface area contributed by atoms with Gasteiger partial charge >= 0.3 is 0 Å². The van der Waals surface area contributed by atoms with Crippen molar-refractivity contribution in [2.45, 2.75) is 0 Å². The van der Waals surface area contributed by atoms with Crippen molar-refractivity contribution >= 4 is 55.0 Å². The Kier molecular flexibility index (Phi) is 9.20. The van der Waals surface area contributed by atoms with Crippen LogP contribution in [-0.4, -0.2) is 4.40 Å². The highest BCUT2D eigenvalue weighted by atomic mass is 15.1. The van der Waals surface area contributed by atoms with E-state index in [1.54, 1.807) is 0 Å². The minimum absolute atomic E-state index is 1.09. The summed E-state index contributed by atoms with van der Waals surface area (Å²) in [6, 6.07) is 90.3. The molecule has 300 valence electrons. The van der Waals surface area contributed by atoms with Crippen molar-refractivity contribution < 1.29 is 0 Å². The third-order valence-corrected chi connectivity index (χ3v) is 12.8. The molecule has 64 heavy (non-hydrogen) atoms. The van der Waals surface area contributed by atoms with Gasteiger partial charge in [-0.05, 0) is 126 Å². The van der Waals surface area contributed by atoms with E-state index in [0.29, 0.717) is 0 Å². The van der Waals surface area contributed by atoms with Crippen molar-refractivity contribution in [1.82, 2.24) is 4.40 Å². The predicted octanol–water partition coefficient (Wildman–Crippen LogP) is 17.2. The summed E-state index contributed by atoms with van der Waals surface area (Å²) < 4.78 is 2.35. The molecule has 0 aliphatic carbocycles. The van der Waals surface area contributed by atoms with Gasteiger partial charge in [-0.1, -0.05) is 194 Å². The van der Waals surface area contributed by atoms with Crippen LogP contribution in [0.1, 0.15) is 0 Å². The van der Waals surface area contributed by atoms with Crippen molar-refractivity contribution in [1.29, 1.82) is 0 Å². The molecule has 12 aromatic rings. The Hall–Kier alpha value is -8.46. The lowest BCUT2D eigenvalue weighted by Crippen LogP contribution is -2.09. The normalized spacial score (nSPS) is 11.4. The number of benzene rings is 10. The Balaban J connectivity index is 0.955. The summed E-state index contributed by atoms with van der Waals surface area (Å²) in [5.74, 6) is 0. The summed E-state index contributed by atoms with van der Waals surface area (Å²) in [6.07, 6.45) is 2.19. The molecule has 2 heteroatoms. The first-order valence-corrected chi connectivity index (χ1v) is 22.0. The minimum atomic E-state index is 1.09. The number of pyridine rings is 1. The fourth-order valence-corrected chi connectivity index (χ4v) is 9.73. The van der Waals surface area contributed by atoms with Gasteiger partial charge in [-0.15, -0.1) is 0 Å². The van der Waals surface area contributed by atoms with Gasteiger partial charge in [0.05, 0.1) is 11.0 Å². The van der Waals surface area contributed by atoms with E-state index >= 15 is 0 Å². The van der Waals surface area contributed by atoms with Crippen molar-refractivity contribution in [2.24, 2.45) is 0 Å². The SMILES string of the molecule is c1ccc(-c2ccc(-c3ccc(N(c4ccc(-c5cccc6ccccc56)cc4)c4ccc(-c5cc6c(c(-c7ccccc7)c7ccccn76)c6ccccc56)cc4)cc3)cc2)cc1. The largest absolute Gasteiger partial charge is 0.316 e. The van der Waals surface area contributed by atoms with Crippen molar-refractivity contribution in [2.75, 3.05) is 4.90 Å². The standard InChI is InChI=1S/C62H42N2/c1-3-14-43(15-4-1)44-25-27-45(28-26-44)46-29-35-51(36-30-46)64(52-37-31-48(32-38-52)55-23-13-19-47-16-7-8-20-54(47)55)53-39-33-49(34-40-53)58-42-60-62(57-22-10-9-21-56(57)58)61(50-17-5-2-6-18-50)59-24-11-12-41-63(59)60/h1-42H. The van der Waals surface area contributed by atoms with Crippen molar-refractivity contribution in [3.63, 3.8) is 0 Å². The number of aromatic nitrogens is 1. The lowest BCUT2D eigenvalue weighted by molar-refractivity contribution is 1.25. The van der Waals surface area contributed by atoms with E-state index in [9.17, 15) is 0 Å². The van der Waals surface area contributed by atoms with Crippen LogP contribution in [0.4, 0.5) is 17.1 Å². The van der Waals surface area contributed by atoms with Crippen LogP contribution < -0.4 is 4.90 Å². The molecule has 10 aromatic carbocycles. The molecule has 2 aromatic heterocycles. The zero-order valence-electron chi connectivity index (χ0n) is 35.1. The van der Waals surface area contributed by atoms with Crippen molar-refractivity contribution in [3.05, 3.63) is 255 Å². The van der Waals surface area contributed by atoms with E-state index in [1.165, 1.54) is 93.6 Å². The highest BCUT2D eigenvalue weighted by Gasteiger charge is 2.20. The van der Waals surface area contributed by atoms with Crippen LogP contribution >= 0.6 is 0 Å². The molecule has 2 heterocycles. The molecule has 0 fully saturated rings. The van der Waals surface area contributed by atoms with Gasteiger partial charge in [-0.2, -0.15) is 0 Å². The summed E-state index contributed by atoms with van der Waals surface area (Å²) in [5.41, 5.74) is 17.8. The quantitative estimate of drug-likeness (QED) is 0.148. The molecule has 0 spiro atoms. The molecular weight excluding hydrogens is 773 g/mol. The number of fused-ring (bicyclic) bond motifs is 6. The molecule has 0 aliphatic rings. The maximum Gasteiger partial charge on any atom is 0.0547 e. The third-order valence-electron chi connectivity index (χ3n) is 12.8. The second-order valence-corrected chi connectivity index (χ2v) is 16.5. The van der Waals surface area contributed by atoms with Gasteiger partial charge < -0.3 is 9.30 Å². The van der Waals surface area contributed by atoms with Crippen LogP contribution in [-0.2, 0) is 0 Å². The topological polar surface area (TPSA) is 7.65 Å². The zero-order valence-corrected chi connectivity index (χ0v) is 35.1. The fraction of sp³-hybridized carbons (Fsp3) is 0. The van der Waals surface area contributed by atoms with E-state index < -0.39 is 0 Å². The van der Waals surface area contributed by atoms with E-state index in [4.69, 9.17) is 0 Å². The molecule has 2 nitrogen and oxygen atoms in total. The van der Waals surface area contributed by atoms with E-state index in [-0.39, 0.29) is 0 Å². The summed E-state index contributed by atoms with van der Waals surface area (Å²) in [7, 11) is 0. The number of nitrogens with zero attached hydrogens (tertiary/aromatic N) is 2. The average Bonchev–Trinajstić information content (AvgIpc) is 3.72. The first kappa shape index (κ1) is 37.3. The van der Waals surface area contributed by atoms with Gasteiger partial charge in [0, 0.05) is 34.2 Å².